The third-order valence-corrected chi connectivity index (χ3v) is 6.57. The number of rotatable bonds is 11. The smallest absolute Gasteiger partial charge is 0.410 e. The van der Waals surface area contributed by atoms with Crippen LogP contribution in [0.1, 0.15) is 48.0 Å². The van der Waals surface area contributed by atoms with E-state index in [-0.39, 0.29) is 17.7 Å². The van der Waals surface area contributed by atoms with Crippen LogP contribution in [0.25, 0.3) is 4.85 Å². The summed E-state index contributed by atoms with van der Waals surface area (Å²) >= 11 is 1.45. The fourth-order valence-electron chi connectivity index (χ4n) is 3.81. The lowest BCUT2D eigenvalue weighted by Gasteiger charge is -2.27. The summed E-state index contributed by atoms with van der Waals surface area (Å²) in [7, 11) is 1.53. The van der Waals surface area contributed by atoms with Crippen LogP contribution >= 0.6 is 11.8 Å². The molecule has 1 heterocycles. The number of ether oxygens (including phenoxy) is 2. The number of carbonyl (C=O) groups excluding carboxylic acids is 2. The molecule has 0 aliphatic carbocycles. The molecule has 0 aliphatic heterocycles. The van der Waals surface area contributed by atoms with E-state index in [1.54, 1.807) is 23.2 Å². The third kappa shape index (κ3) is 9.24. The molecule has 9 heteroatoms. The van der Waals surface area contributed by atoms with Crippen molar-refractivity contribution in [1.29, 1.82) is 0 Å². The van der Waals surface area contributed by atoms with Crippen LogP contribution in [0.15, 0.2) is 71.9 Å². The maximum atomic E-state index is 13.2. The van der Waals surface area contributed by atoms with Gasteiger partial charge < -0.3 is 19.2 Å². The Bertz CT molecular complexity index is 1380. The molecule has 0 radical (unpaired) electrons. The number of nitrogens with zero attached hydrogens (tertiary/aromatic N) is 4. The van der Waals surface area contributed by atoms with Gasteiger partial charge in [-0.15, -0.1) is 16.7 Å². The molecule has 0 N–H and O–H groups in total. The van der Waals surface area contributed by atoms with Crippen LogP contribution < -0.4 is 4.74 Å². The molecular weight excluding hydrogens is 524 g/mol. The Morgan fingerprint density at radius 1 is 1.07 bits per heavy atom. The minimum atomic E-state index is -0.603. The van der Waals surface area contributed by atoms with Gasteiger partial charge in [-0.2, -0.15) is 0 Å². The average Bonchev–Trinajstić information content (AvgIpc) is 2.94. The highest BCUT2D eigenvalue weighted by Crippen LogP contribution is 2.25. The fraction of sp³-hybridized carbons (Fsp3) is 0.323. The monoisotopic (exact) mass is 558 g/mol. The second kappa shape index (κ2) is 14.3. The van der Waals surface area contributed by atoms with Crippen LogP contribution in [0.2, 0.25) is 0 Å². The summed E-state index contributed by atoms with van der Waals surface area (Å²) < 4.78 is 11.2. The summed E-state index contributed by atoms with van der Waals surface area (Å²) in [4.78, 5) is 40.2. The second-order valence-corrected chi connectivity index (χ2v) is 10.9. The van der Waals surface area contributed by atoms with E-state index in [9.17, 15) is 9.59 Å². The summed E-state index contributed by atoms with van der Waals surface area (Å²) in [5.41, 5.74) is 2.46. The normalized spacial score (nSPS) is 11.4. The van der Waals surface area contributed by atoms with E-state index < -0.39 is 5.60 Å². The van der Waals surface area contributed by atoms with Crippen molar-refractivity contribution in [2.24, 2.45) is 0 Å². The molecule has 0 saturated heterocycles. The minimum absolute atomic E-state index is 0.182. The Balaban J connectivity index is 1.74. The predicted molar refractivity (Wildman–Crippen MR) is 158 cm³/mol. The van der Waals surface area contributed by atoms with E-state index in [2.05, 4.69) is 14.8 Å². The highest BCUT2D eigenvalue weighted by molar-refractivity contribution is 8.02. The predicted octanol–water partition coefficient (Wildman–Crippen LogP) is 6.69. The van der Waals surface area contributed by atoms with Crippen molar-refractivity contribution >= 4 is 29.5 Å². The summed E-state index contributed by atoms with van der Waals surface area (Å²) in [6, 6.07) is 15.3. The zero-order valence-electron chi connectivity index (χ0n) is 23.5. The highest BCUT2D eigenvalue weighted by atomic mass is 32.2. The standard InChI is InChI=1S/C31H34N4O4S/c1-31(2,3)39-30(37)35(21-23-10-8-7-9-11-23)15-14-22-12-13-26(28(16-22)38-5)27(36)18-25(40-6)17-24-19-34-29(32-4)20-33-24/h7-13,16,18-20H,14-15,17,21H2,1-3,5-6H3/b25-18-. The van der Waals surface area contributed by atoms with Crippen LogP contribution in [-0.2, 0) is 24.1 Å². The molecule has 0 saturated carbocycles. The molecule has 0 fully saturated rings. The third-order valence-electron chi connectivity index (χ3n) is 5.79. The lowest BCUT2D eigenvalue weighted by atomic mass is 10.0. The molecule has 40 heavy (non-hydrogen) atoms. The maximum absolute atomic E-state index is 13.2. The maximum Gasteiger partial charge on any atom is 0.410 e. The van der Waals surface area contributed by atoms with Crippen molar-refractivity contribution in [3.63, 3.8) is 0 Å². The molecular formula is C31H34N4O4S. The number of aromatic nitrogens is 2. The molecule has 0 unspecified atom stereocenters. The molecule has 208 valence electrons. The van der Waals surface area contributed by atoms with Crippen molar-refractivity contribution in [2.75, 3.05) is 19.9 Å². The summed E-state index contributed by atoms with van der Waals surface area (Å²) in [6.07, 6.45) is 7.06. The van der Waals surface area contributed by atoms with Crippen molar-refractivity contribution < 1.29 is 19.1 Å². The van der Waals surface area contributed by atoms with Crippen LogP contribution in [-0.4, -0.2) is 52.3 Å². The van der Waals surface area contributed by atoms with Crippen LogP contribution in [0.4, 0.5) is 10.6 Å². The van der Waals surface area contributed by atoms with Crippen LogP contribution in [0.3, 0.4) is 0 Å². The van der Waals surface area contributed by atoms with Gasteiger partial charge >= 0.3 is 6.09 Å². The largest absolute Gasteiger partial charge is 0.496 e. The number of hydrogen-bond acceptors (Lipinski definition) is 7. The first-order valence-corrected chi connectivity index (χ1v) is 14.0. The summed E-state index contributed by atoms with van der Waals surface area (Å²) in [6.45, 7) is 13.4. The van der Waals surface area contributed by atoms with Gasteiger partial charge in [0.05, 0.1) is 24.6 Å². The SMILES string of the molecule is [C-]#[N+]c1cnc(C/C(=C/C(=O)c2ccc(CCN(Cc3ccccc3)C(=O)OC(C)(C)C)cc2OC)SC)cn1. The molecule has 1 aromatic heterocycles. The lowest BCUT2D eigenvalue weighted by Crippen LogP contribution is -2.37. The van der Waals surface area contributed by atoms with E-state index in [0.29, 0.717) is 42.9 Å². The Hall–Kier alpha value is -4.16. The molecule has 0 spiro atoms. The molecule has 0 atom stereocenters. The van der Waals surface area contributed by atoms with Gasteiger partial charge in [-0.05, 0) is 67.7 Å². The van der Waals surface area contributed by atoms with Crippen molar-refractivity contribution in [3.8, 4) is 5.75 Å². The van der Waals surface area contributed by atoms with Gasteiger partial charge in [0.1, 0.15) is 17.5 Å². The molecule has 3 aromatic rings. The number of amides is 1. The number of ketones is 1. The van der Waals surface area contributed by atoms with Gasteiger partial charge in [0, 0.05) is 19.5 Å². The average molecular weight is 559 g/mol. The topological polar surface area (TPSA) is 86.0 Å². The molecule has 1 amide bonds. The van der Waals surface area contributed by atoms with Gasteiger partial charge in [0.15, 0.2) is 5.78 Å². The quantitative estimate of drug-likeness (QED) is 0.147. The summed E-state index contributed by atoms with van der Waals surface area (Å²) in [5, 5.41) is 0. The number of carbonyl (C=O) groups is 2. The Labute approximate surface area is 240 Å². The first-order valence-electron chi connectivity index (χ1n) is 12.8. The van der Waals surface area contributed by atoms with E-state index in [1.165, 1.54) is 25.1 Å². The van der Waals surface area contributed by atoms with Crippen molar-refractivity contribution in [2.45, 2.75) is 45.8 Å². The Morgan fingerprint density at radius 2 is 1.82 bits per heavy atom. The molecule has 0 aliphatic rings. The van der Waals surface area contributed by atoms with E-state index >= 15 is 0 Å². The van der Waals surface area contributed by atoms with Gasteiger partial charge in [0.25, 0.3) is 5.82 Å². The number of hydrogen-bond donors (Lipinski definition) is 0. The molecule has 8 nitrogen and oxygen atoms in total. The molecule has 3 rings (SSSR count). The van der Waals surface area contributed by atoms with E-state index in [1.807, 2.05) is 69.5 Å². The van der Waals surface area contributed by atoms with Gasteiger partial charge in [-0.1, -0.05) is 43.0 Å². The lowest BCUT2D eigenvalue weighted by molar-refractivity contribution is 0.0235. The highest BCUT2D eigenvalue weighted by Gasteiger charge is 2.22. The van der Waals surface area contributed by atoms with Gasteiger partial charge in [-0.25, -0.2) is 4.79 Å². The first kappa shape index (κ1) is 30.4. The van der Waals surface area contributed by atoms with Crippen molar-refractivity contribution in [1.82, 2.24) is 14.9 Å². The van der Waals surface area contributed by atoms with Crippen molar-refractivity contribution in [3.05, 3.63) is 106 Å². The number of methoxy groups -OCH3 is 1. The minimum Gasteiger partial charge on any atom is -0.496 e. The fourth-order valence-corrected chi connectivity index (χ4v) is 4.32. The van der Waals surface area contributed by atoms with Gasteiger partial charge in [-0.3, -0.25) is 9.78 Å². The second-order valence-electron chi connectivity index (χ2n) is 10.0. The van der Waals surface area contributed by atoms with Gasteiger partial charge in [0.2, 0.25) is 0 Å². The van der Waals surface area contributed by atoms with Crippen LogP contribution in [0, 0.1) is 6.57 Å². The Kier molecular flexibility index (Phi) is 10.9. The first-order chi connectivity index (χ1) is 19.1. The van der Waals surface area contributed by atoms with E-state index in [0.717, 1.165) is 16.0 Å². The number of benzene rings is 2. The number of allylic oxidation sites excluding steroid dienone is 2. The zero-order chi connectivity index (χ0) is 29.1. The summed E-state index contributed by atoms with van der Waals surface area (Å²) in [5.74, 6) is 0.513. The van der Waals surface area contributed by atoms with E-state index in [4.69, 9.17) is 16.0 Å². The number of thioether (sulfide) groups is 1. The molecule has 0 bridgehead atoms. The zero-order valence-corrected chi connectivity index (χ0v) is 24.3. The Morgan fingerprint density at radius 3 is 2.42 bits per heavy atom. The molecule has 2 aromatic carbocycles. The van der Waals surface area contributed by atoms with Crippen LogP contribution in [0.5, 0.6) is 5.75 Å².